The lowest BCUT2D eigenvalue weighted by atomic mass is 10.1. The lowest BCUT2D eigenvalue weighted by molar-refractivity contribution is -0.123. The van der Waals surface area contributed by atoms with Crippen LogP contribution in [0.15, 0.2) is 54.9 Å². The summed E-state index contributed by atoms with van der Waals surface area (Å²) in [6, 6.07) is 13.6. The van der Waals surface area contributed by atoms with Crippen molar-refractivity contribution in [1.82, 2.24) is 14.9 Å². The molecule has 1 aromatic heterocycles. The van der Waals surface area contributed by atoms with Gasteiger partial charge in [0.2, 0.25) is 0 Å². The fourth-order valence-corrected chi connectivity index (χ4v) is 3.33. The van der Waals surface area contributed by atoms with Crippen LogP contribution in [-0.2, 0) is 11.8 Å². The van der Waals surface area contributed by atoms with E-state index in [4.69, 9.17) is 4.74 Å². The third-order valence-electron chi connectivity index (χ3n) is 4.51. The standard InChI is InChI=1S/C22H25N3O2/c1-15-12-16(2)21(17(3)13-15)27-14-19(26)24-20(18-8-6-5-7-9-18)22-23-10-11-25(22)4/h5-13,20H,14H2,1-4H3,(H,24,26)/t20-/m1/s1. The molecule has 0 fully saturated rings. The summed E-state index contributed by atoms with van der Waals surface area (Å²) in [5, 5.41) is 3.05. The van der Waals surface area contributed by atoms with E-state index in [1.165, 1.54) is 5.56 Å². The molecule has 1 atom stereocenters. The van der Waals surface area contributed by atoms with Crippen LogP contribution in [0, 0.1) is 20.8 Å². The molecule has 5 heteroatoms. The Labute approximate surface area is 160 Å². The van der Waals surface area contributed by atoms with E-state index in [-0.39, 0.29) is 18.6 Å². The molecule has 0 aliphatic heterocycles. The van der Waals surface area contributed by atoms with Crippen molar-refractivity contribution in [2.45, 2.75) is 26.8 Å². The Kier molecular flexibility index (Phi) is 5.60. The number of carbonyl (C=O) groups is 1. The maximum atomic E-state index is 12.6. The molecule has 0 saturated heterocycles. The van der Waals surface area contributed by atoms with Gasteiger partial charge < -0.3 is 14.6 Å². The summed E-state index contributed by atoms with van der Waals surface area (Å²) in [4.78, 5) is 17.0. The molecule has 0 spiro atoms. The van der Waals surface area contributed by atoms with Crippen LogP contribution in [0.2, 0.25) is 0 Å². The third-order valence-corrected chi connectivity index (χ3v) is 4.51. The fourth-order valence-electron chi connectivity index (χ4n) is 3.33. The van der Waals surface area contributed by atoms with Crippen LogP contribution in [0.3, 0.4) is 0 Å². The first-order valence-corrected chi connectivity index (χ1v) is 8.98. The predicted octanol–water partition coefficient (Wildman–Crippen LogP) is 3.63. The molecule has 3 aromatic rings. The molecule has 27 heavy (non-hydrogen) atoms. The lowest BCUT2D eigenvalue weighted by Gasteiger charge is -2.20. The highest BCUT2D eigenvalue weighted by Gasteiger charge is 2.21. The van der Waals surface area contributed by atoms with E-state index in [0.29, 0.717) is 0 Å². The Morgan fingerprint density at radius 2 is 1.81 bits per heavy atom. The van der Waals surface area contributed by atoms with Gasteiger partial charge in [0.05, 0.1) is 0 Å². The topological polar surface area (TPSA) is 56.1 Å². The SMILES string of the molecule is Cc1cc(C)c(OCC(=O)N[C@H](c2ccccc2)c2nccn2C)c(C)c1. The van der Waals surface area contributed by atoms with Crippen molar-refractivity contribution in [3.63, 3.8) is 0 Å². The highest BCUT2D eigenvalue weighted by Crippen LogP contribution is 2.25. The normalized spacial score (nSPS) is 11.9. The zero-order valence-electron chi connectivity index (χ0n) is 16.2. The number of aromatic nitrogens is 2. The monoisotopic (exact) mass is 363 g/mol. The van der Waals surface area contributed by atoms with Crippen molar-refractivity contribution in [2.24, 2.45) is 7.05 Å². The molecular formula is C22H25N3O2. The van der Waals surface area contributed by atoms with Gasteiger partial charge >= 0.3 is 0 Å². The van der Waals surface area contributed by atoms with Crippen LogP contribution in [0.1, 0.15) is 34.1 Å². The molecule has 1 N–H and O–H groups in total. The van der Waals surface area contributed by atoms with Gasteiger partial charge in [-0.25, -0.2) is 4.98 Å². The van der Waals surface area contributed by atoms with Crippen LogP contribution in [0.25, 0.3) is 0 Å². The minimum atomic E-state index is -0.331. The summed E-state index contributed by atoms with van der Waals surface area (Å²) < 4.78 is 7.74. The average molecular weight is 363 g/mol. The Morgan fingerprint density at radius 3 is 2.41 bits per heavy atom. The molecule has 2 aromatic carbocycles. The highest BCUT2D eigenvalue weighted by molar-refractivity contribution is 5.78. The molecule has 1 amide bonds. The second-order valence-electron chi connectivity index (χ2n) is 6.82. The smallest absolute Gasteiger partial charge is 0.258 e. The van der Waals surface area contributed by atoms with Crippen LogP contribution >= 0.6 is 0 Å². The Bertz CT molecular complexity index is 909. The molecular weight excluding hydrogens is 338 g/mol. The van der Waals surface area contributed by atoms with E-state index in [0.717, 1.165) is 28.3 Å². The molecule has 0 saturated carbocycles. The summed E-state index contributed by atoms with van der Waals surface area (Å²) >= 11 is 0. The number of carbonyl (C=O) groups excluding carboxylic acids is 1. The average Bonchev–Trinajstić information content (AvgIpc) is 3.05. The van der Waals surface area contributed by atoms with Crippen molar-refractivity contribution >= 4 is 5.91 Å². The minimum absolute atomic E-state index is 0.0432. The zero-order chi connectivity index (χ0) is 19.4. The quantitative estimate of drug-likeness (QED) is 0.728. The second-order valence-corrected chi connectivity index (χ2v) is 6.82. The van der Waals surface area contributed by atoms with Gasteiger partial charge in [-0.3, -0.25) is 4.79 Å². The van der Waals surface area contributed by atoms with Crippen LogP contribution in [0.4, 0.5) is 0 Å². The number of amides is 1. The maximum Gasteiger partial charge on any atom is 0.258 e. The van der Waals surface area contributed by atoms with E-state index < -0.39 is 0 Å². The first-order valence-electron chi connectivity index (χ1n) is 8.98. The van der Waals surface area contributed by atoms with E-state index in [2.05, 4.69) is 22.4 Å². The van der Waals surface area contributed by atoms with Gasteiger partial charge in [0.1, 0.15) is 17.6 Å². The summed E-state index contributed by atoms with van der Waals surface area (Å²) in [5.41, 5.74) is 4.22. The molecule has 0 bridgehead atoms. The Hall–Kier alpha value is -3.08. The van der Waals surface area contributed by atoms with Crippen LogP contribution in [0.5, 0.6) is 5.75 Å². The Morgan fingerprint density at radius 1 is 1.15 bits per heavy atom. The lowest BCUT2D eigenvalue weighted by Crippen LogP contribution is -2.34. The van der Waals surface area contributed by atoms with E-state index >= 15 is 0 Å². The molecule has 1 heterocycles. The largest absolute Gasteiger partial charge is 0.483 e. The molecule has 0 radical (unpaired) electrons. The van der Waals surface area contributed by atoms with Gasteiger partial charge in [0.15, 0.2) is 6.61 Å². The number of nitrogens with zero attached hydrogens (tertiary/aromatic N) is 2. The summed E-state index contributed by atoms with van der Waals surface area (Å²) in [6.45, 7) is 5.99. The second kappa shape index (κ2) is 8.08. The first kappa shape index (κ1) is 18.7. The van der Waals surface area contributed by atoms with Crippen molar-refractivity contribution in [3.8, 4) is 5.75 Å². The van der Waals surface area contributed by atoms with Crippen molar-refractivity contribution in [1.29, 1.82) is 0 Å². The van der Waals surface area contributed by atoms with Gasteiger partial charge in [0.25, 0.3) is 5.91 Å². The number of hydrogen-bond donors (Lipinski definition) is 1. The number of nitrogens with one attached hydrogen (secondary N) is 1. The van der Waals surface area contributed by atoms with Crippen LogP contribution < -0.4 is 10.1 Å². The fraction of sp³-hybridized carbons (Fsp3) is 0.273. The summed E-state index contributed by atoms with van der Waals surface area (Å²) in [5.74, 6) is 1.35. The number of hydrogen-bond acceptors (Lipinski definition) is 3. The van der Waals surface area contributed by atoms with Gasteiger partial charge in [-0.15, -0.1) is 0 Å². The van der Waals surface area contributed by atoms with Crippen LogP contribution in [-0.4, -0.2) is 22.1 Å². The van der Waals surface area contributed by atoms with Crippen molar-refractivity contribution in [2.75, 3.05) is 6.61 Å². The Balaban J connectivity index is 1.75. The number of benzene rings is 2. The van der Waals surface area contributed by atoms with Crippen molar-refractivity contribution in [3.05, 3.63) is 82.9 Å². The summed E-state index contributed by atoms with van der Waals surface area (Å²) in [7, 11) is 1.92. The van der Waals surface area contributed by atoms with Crippen molar-refractivity contribution < 1.29 is 9.53 Å². The number of rotatable bonds is 6. The highest BCUT2D eigenvalue weighted by atomic mass is 16.5. The maximum absolute atomic E-state index is 12.6. The molecule has 140 valence electrons. The molecule has 0 aliphatic rings. The van der Waals surface area contributed by atoms with Gasteiger partial charge in [-0.2, -0.15) is 0 Å². The molecule has 0 unspecified atom stereocenters. The summed E-state index contributed by atoms with van der Waals surface area (Å²) in [6.07, 6.45) is 3.60. The third kappa shape index (κ3) is 4.37. The number of imidazole rings is 1. The molecule has 5 nitrogen and oxygen atoms in total. The van der Waals surface area contributed by atoms with Gasteiger partial charge in [-0.1, -0.05) is 48.0 Å². The number of ether oxygens (including phenoxy) is 1. The molecule has 0 aliphatic carbocycles. The predicted molar refractivity (Wildman–Crippen MR) is 106 cm³/mol. The first-order chi connectivity index (χ1) is 13.0. The molecule has 3 rings (SSSR count). The zero-order valence-corrected chi connectivity index (χ0v) is 16.2. The minimum Gasteiger partial charge on any atom is -0.483 e. The van der Waals surface area contributed by atoms with E-state index in [1.54, 1.807) is 6.20 Å². The van der Waals surface area contributed by atoms with E-state index in [1.807, 2.05) is 68.9 Å². The van der Waals surface area contributed by atoms with E-state index in [9.17, 15) is 4.79 Å². The van der Waals surface area contributed by atoms with Gasteiger partial charge in [-0.05, 0) is 37.5 Å². The number of aryl methyl sites for hydroxylation is 4. The van der Waals surface area contributed by atoms with Gasteiger partial charge in [0, 0.05) is 19.4 Å².